The summed E-state index contributed by atoms with van der Waals surface area (Å²) in [5.74, 6) is 0. The fourth-order valence-corrected chi connectivity index (χ4v) is 8.42. The number of fused-ring (bicyclic) bond motifs is 5. The van der Waals surface area contributed by atoms with Gasteiger partial charge >= 0.3 is 0 Å². The fraction of sp³-hybridized carbons (Fsp3) is 0.0698. The standard InChI is InChI=1S/C43H33IN2S2/c1-43(2)39-27-33(45(29-11-5-3-6-12-29)31-17-22-34(47)23-18-31)21-26-38(39)42-37-16-10-9-15-36(37)41(28-40(42)43)46(30-13-7-4-8-14-30)32-19-24-35(48-44)25-20-32/h3-28,47H,1-2H3. The summed E-state index contributed by atoms with van der Waals surface area (Å²) in [6, 6.07) is 57.0. The summed E-state index contributed by atoms with van der Waals surface area (Å²) in [5, 5.41) is 2.51. The second kappa shape index (κ2) is 12.7. The Morgan fingerprint density at radius 1 is 0.521 bits per heavy atom. The van der Waals surface area contributed by atoms with Crippen LogP contribution in [0.4, 0.5) is 34.1 Å². The summed E-state index contributed by atoms with van der Waals surface area (Å²) in [5.41, 5.74) is 11.9. The van der Waals surface area contributed by atoms with Crippen LogP contribution in [0.2, 0.25) is 0 Å². The summed E-state index contributed by atoms with van der Waals surface area (Å²) in [6.45, 7) is 4.75. The van der Waals surface area contributed by atoms with Crippen molar-refractivity contribution in [1.29, 1.82) is 0 Å². The van der Waals surface area contributed by atoms with E-state index in [0.717, 1.165) is 33.3 Å². The van der Waals surface area contributed by atoms with E-state index < -0.39 is 0 Å². The van der Waals surface area contributed by atoms with Crippen molar-refractivity contribution in [1.82, 2.24) is 0 Å². The van der Waals surface area contributed by atoms with Crippen LogP contribution in [0.3, 0.4) is 0 Å². The minimum absolute atomic E-state index is 0.235. The molecule has 0 saturated carbocycles. The maximum atomic E-state index is 4.56. The van der Waals surface area contributed by atoms with Gasteiger partial charge in [0.15, 0.2) is 0 Å². The summed E-state index contributed by atoms with van der Waals surface area (Å²) in [7, 11) is 1.74. The monoisotopic (exact) mass is 768 g/mol. The summed E-state index contributed by atoms with van der Waals surface area (Å²) < 4.78 is 0. The zero-order chi connectivity index (χ0) is 32.8. The second-order valence-corrected chi connectivity index (χ2v) is 15.1. The highest BCUT2D eigenvalue weighted by Crippen LogP contribution is 2.55. The molecule has 0 heterocycles. The molecule has 7 aromatic carbocycles. The van der Waals surface area contributed by atoms with Gasteiger partial charge in [0.1, 0.15) is 0 Å². The maximum absolute atomic E-state index is 4.56. The van der Waals surface area contributed by atoms with Gasteiger partial charge in [-0.15, -0.1) is 12.6 Å². The molecule has 0 aromatic heterocycles. The number of hydrogen-bond acceptors (Lipinski definition) is 4. The Balaban J connectivity index is 1.33. The Hall–Kier alpha value is -4.17. The van der Waals surface area contributed by atoms with E-state index in [1.54, 1.807) is 8.93 Å². The number of para-hydroxylation sites is 2. The topological polar surface area (TPSA) is 6.48 Å². The van der Waals surface area contributed by atoms with Crippen LogP contribution in [0.5, 0.6) is 0 Å². The van der Waals surface area contributed by atoms with E-state index >= 15 is 0 Å². The van der Waals surface area contributed by atoms with E-state index in [1.807, 2.05) is 0 Å². The first-order valence-corrected chi connectivity index (χ1v) is 19.8. The first-order chi connectivity index (χ1) is 23.4. The van der Waals surface area contributed by atoms with Gasteiger partial charge < -0.3 is 9.80 Å². The Morgan fingerprint density at radius 3 is 1.69 bits per heavy atom. The third-order valence-corrected chi connectivity index (χ3v) is 11.7. The van der Waals surface area contributed by atoms with Crippen LogP contribution in [-0.4, -0.2) is 0 Å². The van der Waals surface area contributed by atoms with Gasteiger partial charge in [0.2, 0.25) is 0 Å². The van der Waals surface area contributed by atoms with Crippen molar-refractivity contribution in [3.05, 3.63) is 169 Å². The van der Waals surface area contributed by atoms with E-state index in [0.29, 0.717) is 0 Å². The average molecular weight is 769 g/mol. The van der Waals surface area contributed by atoms with Crippen LogP contribution >= 0.6 is 42.8 Å². The van der Waals surface area contributed by atoms with Gasteiger partial charge in [0.25, 0.3) is 0 Å². The molecule has 0 unspecified atom stereocenters. The Bertz CT molecular complexity index is 2250. The SMILES string of the molecule is CC1(C)c2cc(N(c3ccccc3)c3ccc(S)cc3)ccc2-c2c1cc(N(c1ccccc1)c1ccc(SI)cc1)c1ccccc21. The lowest BCUT2D eigenvalue weighted by molar-refractivity contribution is 0.661. The summed E-state index contributed by atoms with van der Waals surface area (Å²) in [4.78, 5) is 6.94. The molecular formula is C43H33IN2S2. The number of halogens is 1. The molecule has 0 aliphatic heterocycles. The average Bonchev–Trinajstić information content (AvgIpc) is 3.36. The van der Waals surface area contributed by atoms with Gasteiger partial charge in [0.05, 0.1) is 5.69 Å². The fourth-order valence-electron chi connectivity index (χ4n) is 7.15. The normalized spacial score (nSPS) is 12.8. The van der Waals surface area contributed by atoms with Crippen molar-refractivity contribution in [2.24, 2.45) is 0 Å². The molecule has 0 N–H and O–H groups in total. The summed E-state index contributed by atoms with van der Waals surface area (Å²) >= 11 is 6.92. The number of nitrogens with zero attached hydrogens (tertiary/aromatic N) is 2. The van der Waals surface area contributed by atoms with Gasteiger partial charge in [0, 0.05) is 70.2 Å². The van der Waals surface area contributed by atoms with Crippen molar-refractivity contribution in [2.75, 3.05) is 9.80 Å². The van der Waals surface area contributed by atoms with Crippen LogP contribution < -0.4 is 9.80 Å². The van der Waals surface area contributed by atoms with Crippen molar-refractivity contribution >= 4 is 87.7 Å². The van der Waals surface area contributed by atoms with Gasteiger partial charge in [-0.1, -0.05) is 89.5 Å². The van der Waals surface area contributed by atoms with Crippen LogP contribution in [0.25, 0.3) is 21.9 Å². The first kappa shape index (κ1) is 31.1. The van der Waals surface area contributed by atoms with Crippen molar-refractivity contribution in [3.63, 3.8) is 0 Å². The van der Waals surface area contributed by atoms with Crippen molar-refractivity contribution < 1.29 is 0 Å². The summed E-state index contributed by atoms with van der Waals surface area (Å²) in [6.07, 6.45) is 0. The van der Waals surface area contributed by atoms with Gasteiger partial charge in [-0.05, 0) is 119 Å². The van der Waals surface area contributed by atoms with E-state index in [-0.39, 0.29) is 5.41 Å². The largest absolute Gasteiger partial charge is 0.310 e. The molecule has 0 radical (unpaired) electrons. The van der Waals surface area contributed by atoms with Crippen LogP contribution in [0.15, 0.2) is 168 Å². The first-order valence-electron chi connectivity index (χ1n) is 16.0. The zero-order valence-corrected chi connectivity index (χ0v) is 30.5. The lowest BCUT2D eigenvalue weighted by Gasteiger charge is -2.30. The third kappa shape index (κ3) is 5.38. The molecule has 48 heavy (non-hydrogen) atoms. The minimum atomic E-state index is -0.235. The number of benzene rings is 7. The highest BCUT2D eigenvalue weighted by Gasteiger charge is 2.38. The molecule has 8 rings (SSSR count). The van der Waals surface area contributed by atoms with E-state index in [1.165, 1.54) is 43.6 Å². The number of thiol groups is 1. The molecular weight excluding hydrogens is 736 g/mol. The molecule has 1 aliphatic rings. The smallest absolute Gasteiger partial charge is 0.0543 e. The molecule has 0 saturated heterocycles. The highest BCUT2D eigenvalue weighted by molar-refractivity contribution is 14.2. The zero-order valence-electron chi connectivity index (χ0n) is 26.6. The van der Waals surface area contributed by atoms with Crippen LogP contribution in [0, 0.1) is 0 Å². The van der Waals surface area contributed by atoms with Crippen molar-refractivity contribution in [2.45, 2.75) is 29.1 Å². The predicted octanol–water partition coefficient (Wildman–Crippen LogP) is 13.8. The molecule has 2 nitrogen and oxygen atoms in total. The number of anilines is 6. The van der Waals surface area contributed by atoms with Crippen molar-refractivity contribution in [3.8, 4) is 11.1 Å². The van der Waals surface area contributed by atoms with Crippen LogP contribution in [-0.2, 0) is 5.41 Å². The molecule has 1 aliphatic carbocycles. The third-order valence-electron chi connectivity index (χ3n) is 9.46. The predicted molar refractivity (Wildman–Crippen MR) is 218 cm³/mol. The lowest BCUT2D eigenvalue weighted by Crippen LogP contribution is -2.18. The molecule has 0 atom stereocenters. The molecule has 7 aromatic rings. The van der Waals surface area contributed by atoms with E-state index in [4.69, 9.17) is 0 Å². The molecule has 0 spiro atoms. The van der Waals surface area contributed by atoms with Gasteiger partial charge in [-0.25, -0.2) is 0 Å². The number of rotatable bonds is 7. The Morgan fingerprint density at radius 2 is 1.04 bits per heavy atom. The second-order valence-electron chi connectivity index (χ2n) is 12.6. The van der Waals surface area contributed by atoms with E-state index in [2.05, 4.69) is 215 Å². The molecule has 0 fully saturated rings. The van der Waals surface area contributed by atoms with Gasteiger partial charge in [-0.3, -0.25) is 0 Å². The molecule has 0 bridgehead atoms. The maximum Gasteiger partial charge on any atom is 0.0543 e. The minimum Gasteiger partial charge on any atom is -0.310 e. The number of hydrogen-bond donors (Lipinski definition) is 1. The molecule has 0 amide bonds. The van der Waals surface area contributed by atoms with Gasteiger partial charge in [-0.2, -0.15) is 0 Å². The lowest BCUT2D eigenvalue weighted by atomic mass is 9.81. The Kier molecular flexibility index (Phi) is 8.23. The Labute approximate surface area is 304 Å². The molecule has 5 heteroatoms. The molecule has 234 valence electrons. The quantitative estimate of drug-likeness (QED) is 0.128. The van der Waals surface area contributed by atoms with Crippen LogP contribution in [0.1, 0.15) is 25.0 Å². The van der Waals surface area contributed by atoms with E-state index in [9.17, 15) is 0 Å². The highest BCUT2D eigenvalue weighted by atomic mass is 127.